The number of nitrogens with two attached hydrogens (primary N) is 1. The van der Waals surface area contributed by atoms with Crippen LogP contribution in [-0.2, 0) is 4.79 Å². The van der Waals surface area contributed by atoms with Gasteiger partial charge in [-0.15, -0.1) is 0 Å². The first-order valence-corrected chi connectivity index (χ1v) is 4.16. The number of carbonyl (C=O) groups is 1. The largest absolute Gasteiger partial charge is 0.330 e. The molecule has 0 saturated carbocycles. The van der Waals surface area contributed by atoms with Crippen LogP contribution in [0.3, 0.4) is 0 Å². The summed E-state index contributed by atoms with van der Waals surface area (Å²) < 4.78 is 0. The second-order valence-corrected chi connectivity index (χ2v) is 3.02. The average Bonchev–Trinajstić information content (AvgIpc) is 2.04. The summed E-state index contributed by atoms with van der Waals surface area (Å²) in [5.74, 6) is 0.0773. The molecule has 0 aliphatic carbocycles. The average molecular weight is 170 g/mol. The minimum absolute atomic E-state index is 0.0500. The van der Waals surface area contributed by atoms with Crippen LogP contribution in [0.4, 0.5) is 0 Å². The summed E-state index contributed by atoms with van der Waals surface area (Å²) in [6.45, 7) is 4.10. The van der Waals surface area contributed by atoms with Gasteiger partial charge in [0.1, 0.15) is 0 Å². The summed E-state index contributed by atoms with van der Waals surface area (Å²) in [6.07, 6.45) is 3.07. The highest BCUT2D eigenvalue weighted by molar-refractivity contribution is 5.93. The predicted molar refractivity (Wildman–Crippen MR) is 51.0 cm³/mol. The van der Waals surface area contributed by atoms with E-state index in [0.717, 1.165) is 12.8 Å². The van der Waals surface area contributed by atoms with Gasteiger partial charge in [-0.1, -0.05) is 6.58 Å². The monoisotopic (exact) mass is 170 g/mol. The lowest BCUT2D eigenvalue weighted by Crippen LogP contribution is -2.35. The molecule has 0 aliphatic rings. The minimum atomic E-state index is -0.0500. The molecule has 0 bridgehead atoms. The molecule has 0 fully saturated rings. The van der Waals surface area contributed by atoms with Gasteiger partial charge >= 0.3 is 0 Å². The maximum Gasteiger partial charge on any atom is 0.172 e. The fraction of sp³-hybridized carbons (Fsp3) is 0.667. The Bertz CT molecular complexity index is 155. The Labute approximate surface area is 74.2 Å². The van der Waals surface area contributed by atoms with Crippen molar-refractivity contribution >= 4 is 5.78 Å². The Balaban J connectivity index is 4.03. The number of hydrogen-bond donors (Lipinski definition) is 1. The van der Waals surface area contributed by atoms with Crippen molar-refractivity contribution in [1.29, 1.82) is 0 Å². The van der Waals surface area contributed by atoms with Gasteiger partial charge in [-0.3, -0.25) is 9.69 Å². The van der Waals surface area contributed by atoms with Gasteiger partial charge < -0.3 is 5.73 Å². The zero-order valence-corrected chi connectivity index (χ0v) is 7.92. The van der Waals surface area contributed by atoms with Crippen molar-refractivity contribution in [1.82, 2.24) is 4.90 Å². The van der Waals surface area contributed by atoms with E-state index in [9.17, 15) is 4.79 Å². The number of carbonyl (C=O) groups excluding carboxylic acids is 1. The normalized spacial score (nSPS) is 13.0. The third-order valence-electron chi connectivity index (χ3n) is 1.83. The molecule has 3 nitrogen and oxygen atoms in total. The lowest BCUT2D eigenvalue weighted by molar-refractivity contribution is -0.118. The smallest absolute Gasteiger partial charge is 0.172 e. The number of nitrogens with zero attached hydrogens (tertiary/aromatic N) is 1. The van der Waals surface area contributed by atoms with Crippen molar-refractivity contribution in [3.8, 4) is 0 Å². The summed E-state index contributed by atoms with van der Waals surface area (Å²) in [4.78, 5) is 13.2. The van der Waals surface area contributed by atoms with E-state index in [0.29, 0.717) is 6.54 Å². The standard InChI is InChI=1S/C9H18N2O/c1-4-9(12)8(11(2)3)6-5-7-10/h4,8H,1,5-7,10H2,2-3H3. The minimum Gasteiger partial charge on any atom is -0.330 e. The van der Waals surface area contributed by atoms with Crippen LogP contribution in [0.1, 0.15) is 12.8 Å². The molecule has 70 valence electrons. The molecule has 0 aromatic heterocycles. The summed E-state index contributed by atoms with van der Waals surface area (Å²) in [7, 11) is 3.78. The number of likely N-dealkylation sites (N-methyl/N-ethyl adjacent to an activating group) is 1. The van der Waals surface area contributed by atoms with Crippen molar-refractivity contribution in [3.63, 3.8) is 0 Å². The van der Waals surface area contributed by atoms with Crippen LogP contribution in [0.5, 0.6) is 0 Å². The first kappa shape index (κ1) is 11.3. The Morgan fingerprint density at radius 1 is 1.67 bits per heavy atom. The van der Waals surface area contributed by atoms with E-state index in [2.05, 4.69) is 6.58 Å². The van der Waals surface area contributed by atoms with Gasteiger partial charge in [0.25, 0.3) is 0 Å². The van der Waals surface area contributed by atoms with Gasteiger partial charge in [0, 0.05) is 0 Å². The number of ketones is 1. The fourth-order valence-electron chi connectivity index (χ4n) is 1.10. The second-order valence-electron chi connectivity index (χ2n) is 3.02. The molecule has 0 spiro atoms. The molecule has 0 saturated heterocycles. The highest BCUT2D eigenvalue weighted by atomic mass is 16.1. The van der Waals surface area contributed by atoms with Crippen molar-refractivity contribution in [3.05, 3.63) is 12.7 Å². The highest BCUT2D eigenvalue weighted by Crippen LogP contribution is 2.04. The molecule has 12 heavy (non-hydrogen) atoms. The van der Waals surface area contributed by atoms with Crippen LogP contribution < -0.4 is 5.73 Å². The van der Waals surface area contributed by atoms with Crippen LogP contribution in [0, 0.1) is 0 Å². The third-order valence-corrected chi connectivity index (χ3v) is 1.83. The van der Waals surface area contributed by atoms with Crippen molar-refractivity contribution in [2.24, 2.45) is 5.73 Å². The quantitative estimate of drug-likeness (QED) is 0.587. The Hall–Kier alpha value is -0.670. The molecular formula is C9H18N2O. The van der Waals surface area contributed by atoms with E-state index in [1.807, 2.05) is 19.0 Å². The van der Waals surface area contributed by atoms with Crippen LogP contribution in [0.15, 0.2) is 12.7 Å². The predicted octanol–water partition coefficient (Wildman–Crippen LogP) is 0.411. The van der Waals surface area contributed by atoms with E-state index in [1.165, 1.54) is 6.08 Å². The first-order valence-electron chi connectivity index (χ1n) is 4.16. The van der Waals surface area contributed by atoms with Gasteiger partial charge in [0.05, 0.1) is 6.04 Å². The Kier molecular flexibility index (Phi) is 5.58. The molecule has 1 atom stereocenters. The maximum absolute atomic E-state index is 11.3. The molecule has 0 aromatic rings. The van der Waals surface area contributed by atoms with Crippen LogP contribution in [-0.4, -0.2) is 37.4 Å². The molecular weight excluding hydrogens is 152 g/mol. The molecule has 0 radical (unpaired) electrons. The second kappa shape index (κ2) is 5.91. The van der Waals surface area contributed by atoms with Gasteiger partial charge in [-0.05, 0) is 39.6 Å². The summed E-state index contributed by atoms with van der Waals surface area (Å²) in [5.41, 5.74) is 5.36. The van der Waals surface area contributed by atoms with Crippen LogP contribution >= 0.6 is 0 Å². The topological polar surface area (TPSA) is 46.3 Å². The fourth-order valence-corrected chi connectivity index (χ4v) is 1.10. The van der Waals surface area contributed by atoms with Crippen molar-refractivity contribution < 1.29 is 4.79 Å². The summed E-state index contributed by atoms with van der Waals surface area (Å²) >= 11 is 0. The SMILES string of the molecule is C=CC(=O)C(CCCN)N(C)C. The Morgan fingerprint density at radius 2 is 2.25 bits per heavy atom. The molecule has 0 heterocycles. The van der Waals surface area contributed by atoms with Crippen LogP contribution in [0.2, 0.25) is 0 Å². The molecule has 0 amide bonds. The van der Waals surface area contributed by atoms with E-state index in [1.54, 1.807) is 0 Å². The van der Waals surface area contributed by atoms with Crippen molar-refractivity contribution in [2.75, 3.05) is 20.6 Å². The van der Waals surface area contributed by atoms with Gasteiger partial charge in [0.2, 0.25) is 0 Å². The van der Waals surface area contributed by atoms with Gasteiger partial charge in [-0.2, -0.15) is 0 Å². The molecule has 0 aliphatic heterocycles. The maximum atomic E-state index is 11.3. The molecule has 3 heteroatoms. The Morgan fingerprint density at radius 3 is 2.58 bits per heavy atom. The molecule has 2 N–H and O–H groups in total. The third kappa shape index (κ3) is 3.64. The number of rotatable bonds is 6. The van der Waals surface area contributed by atoms with E-state index in [4.69, 9.17) is 5.73 Å². The molecule has 0 aromatic carbocycles. The molecule has 0 rings (SSSR count). The zero-order valence-electron chi connectivity index (χ0n) is 7.92. The van der Waals surface area contributed by atoms with Gasteiger partial charge in [0.15, 0.2) is 5.78 Å². The van der Waals surface area contributed by atoms with Crippen molar-refractivity contribution in [2.45, 2.75) is 18.9 Å². The van der Waals surface area contributed by atoms with E-state index < -0.39 is 0 Å². The molecule has 1 unspecified atom stereocenters. The number of hydrogen-bond acceptors (Lipinski definition) is 3. The van der Waals surface area contributed by atoms with E-state index in [-0.39, 0.29) is 11.8 Å². The van der Waals surface area contributed by atoms with E-state index >= 15 is 0 Å². The first-order chi connectivity index (χ1) is 5.63. The van der Waals surface area contributed by atoms with Crippen LogP contribution in [0.25, 0.3) is 0 Å². The summed E-state index contributed by atoms with van der Waals surface area (Å²) in [5, 5.41) is 0. The summed E-state index contributed by atoms with van der Waals surface area (Å²) in [6, 6.07) is -0.0500. The zero-order chi connectivity index (χ0) is 9.56. The van der Waals surface area contributed by atoms with Gasteiger partial charge in [-0.25, -0.2) is 0 Å². The highest BCUT2D eigenvalue weighted by Gasteiger charge is 2.16. The lowest BCUT2D eigenvalue weighted by Gasteiger charge is -2.21. The lowest BCUT2D eigenvalue weighted by atomic mass is 10.1.